The van der Waals surface area contributed by atoms with Crippen LogP contribution in [-0.2, 0) is 0 Å². The fourth-order valence-corrected chi connectivity index (χ4v) is 1.50. The summed E-state index contributed by atoms with van der Waals surface area (Å²) >= 11 is 0. The van der Waals surface area contributed by atoms with E-state index in [1.54, 1.807) is 0 Å². The first-order valence-corrected chi connectivity index (χ1v) is 4.56. The van der Waals surface area contributed by atoms with Gasteiger partial charge in [0.05, 0.1) is 0 Å². The Hall–Kier alpha value is -0.890. The molecule has 1 aromatic carbocycles. The molecule has 72 valence electrons. The van der Waals surface area contributed by atoms with Gasteiger partial charge in [-0.05, 0) is 32.4 Å². The minimum absolute atomic E-state index is 0.397. The van der Waals surface area contributed by atoms with Crippen LogP contribution in [0.5, 0.6) is 0 Å². The van der Waals surface area contributed by atoms with E-state index in [2.05, 4.69) is 0 Å². The van der Waals surface area contributed by atoms with Crippen LogP contribution < -0.4 is 5.73 Å². The van der Waals surface area contributed by atoms with Crippen LogP contribution >= 0.6 is 0 Å². The summed E-state index contributed by atoms with van der Waals surface area (Å²) in [4.78, 5) is 0. The molecule has 1 aromatic rings. The lowest BCUT2D eigenvalue weighted by Crippen LogP contribution is -2.04. The Morgan fingerprint density at radius 1 is 1.23 bits per heavy atom. The third kappa shape index (κ3) is 2.81. The Kier molecular flexibility index (Phi) is 3.43. The summed E-state index contributed by atoms with van der Waals surface area (Å²) in [5.74, 6) is 0. The first-order valence-electron chi connectivity index (χ1n) is 4.56. The number of hydrogen-bond donors (Lipinski definition) is 1. The van der Waals surface area contributed by atoms with Crippen LogP contribution in [0.25, 0.3) is 0 Å². The Labute approximate surface area is 78.8 Å². The predicted octanol–water partition coefficient (Wildman–Crippen LogP) is 2.66. The number of aryl methyl sites for hydroxylation is 2. The third-order valence-corrected chi connectivity index (χ3v) is 2.03. The highest BCUT2D eigenvalue weighted by Crippen LogP contribution is 2.22. The van der Waals surface area contributed by atoms with Gasteiger partial charge in [0.1, 0.15) is 6.17 Å². The normalized spacial score (nSPS) is 12.9. The third-order valence-electron chi connectivity index (χ3n) is 2.03. The summed E-state index contributed by atoms with van der Waals surface area (Å²) in [6.45, 7) is 4.35. The molecule has 0 saturated carbocycles. The molecule has 2 N–H and O–H groups in total. The van der Waals surface area contributed by atoms with Gasteiger partial charge in [-0.15, -0.1) is 0 Å². The van der Waals surface area contributed by atoms with Crippen molar-refractivity contribution in [3.05, 3.63) is 34.9 Å². The van der Waals surface area contributed by atoms with Crippen molar-refractivity contribution >= 4 is 0 Å². The largest absolute Gasteiger partial charge is 0.330 e. The number of nitrogens with two attached hydrogens (primary N) is 1. The van der Waals surface area contributed by atoms with E-state index in [0.717, 1.165) is 16.7 Å². The van der Waals surface area contributed by atoms with Crippen LogP contribution in [0.4, 0.5) is 4.39 Å². The minimum Gasteiger partial charge on any atom is -0.330 e. The number of benzene rings is 1. The first-order chi connectivity index (χ1) is 6.13. The lowest BCUT2D eigenvalue weighted by Gasteiger charge is -2.09. The van der Waals surface area contributed by atoms with Crippen molar-refractivity contribution < 1.29 is 4.39 Å². The SMILES string of the molecule is Cc1cc(C)cc(C(F)CCN)c1. The lowest BCUT2D eigenvalue weighted by molar-refractivity contribution is 0.327. The van der Waals surface area contributed by atoms with Crippen LogP contribution in [0.1, 0.15) is 29.3 Å². The summed E-state index contributed by atoms with van der Waals surface area (Å²) in [5.41, 5.74) is 8.27. The number of hydrogen-bond acceptors (Lipinski definition) is 1. The van der Waals surface area contributed by atoms with Gasteiger partial charge in [-0.1, -0.05) is 29.3 Å². The van der Waals surface area contributed by atoms with Gasteiger partial charge in [-0.2, -0.15) is 0 Å². The van der Waals surface area contributed by atoms with Crippen molar-refractivity contribution in [1.29, 1.82) is 0 Å². The molecule has 2 heteroatoms. The molecule has 1 atom stereocenters. The van der Waals surface area contributed by atoms with E-state index in [1.165, 1.54) is 0 Å². The molecule has 0 aromatic heterocycles. The van der Waals surface area contributed by atoms with Gasteiger partial charge in [0.25, 0.3) is 0 Å². The second-order valence-corrected chi connectivity index (χ2v) is 3.47. The zero-order chi connectivity index (χ0) is 9.84. The fourth-order valence-electron chi connectivity index (χ4n) is 1.50. The maximum absolute atomic E-state index is 13.4. The van der Waals surface area contributed by atoms with E-state index in [4.69, 9.17) is 5.73 Å². The van der Waals surface area contributed by atoms with Gasteiger partial charge < -0.3 is 5.73 Å². The van der Waals surface area contributed by atoms with Gasteiger partial charge in [0.2, 0.25) is 0 Å². The molecule has 0 fully saturated rings. The van der Waals surface area contributed by atoms with Crippen molar-refractivity contribution in [1.82, 2.24) is 0 Å². The zero-order valence-corrected chi connectivity index (χ0v) is 8.18. The second kappa shape index (κ2) is 4.38. The van der Waals surface area contributed by atoms with E-state index >= 15 is 0 Å². The van der Waals surface area contributed by atoms with E-state index < -0.39 is 6.17 Å². The molecular formula is C11H16FN. The average molecular weight is 181 g/mol. The quantitative estimate of drug-likeness (QED) is 0.762. The summed E-state index contributed by atoms with van der Waals surface area (Å²) in [6.07, 6.45) is -0.508. The van der Waals surface area contributed by atoms with Crippen molar-refractivity contribution in [3.8, 4) is 0 Å². The highest BCUT2D eigenvalue weighted by atomic mass is 19.1. The molecule has 0 amide bonds. The number of halogens is 1. The molecule has 0 heterocycles. The van der Waals surface area contributed by atoms with E-state index in [0.29, 0.717) is 13.0 Å². The molecular weight excluding hydrogens is 165 g/mol. The molecule has 0 aliphatic rings. The summed E-state index contributed by atoms with van der Waals surface area (Å²) in [7, 11) is 0. The van der Waals surface area contributed by atoms with Crippen molar-refractivity contribution in [2.24, 2.45) is 5.73 Å². The Morgan fingerprint density at radius 2 is 1.77 bits per heavy atom. The lowest BCUT2D eigenvalue weighted by atomic mass is 10.0. The van der Waals surface area contributed by atoms with E-state index in [-0.39, 0.29) is 0 Å². The summed E-state index contributed by atoms with van der Waals surface area (Å²) < 4.78 is 13.4. The minimum atomic E-state index is -0.913. The topological polar surface area (TPSA) is 26.0 Å². The molecule has 1 rings (SSSR count). The fraction of sp³-hybridized carbons (Fsp3) is 0.455. The van der Waals surface area contributed by atoms with E-state index in [9.17, 15) is 4.39 Å². The smallest absolute Gasteiger partial charge is 0.126 e. The highest BCUT2D eigenvalue weighted by molar-refractivity contribution is 5.29. The Bertz CT molecular complexity index is 263. The molecule has 0 aliphatic carbocycles. The van der Waals surface area contributed by atoms with Crippen LogP contribution in [0.2, 0.25) is 0 Å². The van der Waals surface area contributed by atoms with Gasteiger partial charge in [-0.25, -0.2) is 4.39 Å². The molecule has 0 spiro atoms. The maximum atomic E-state index is 13.4. The van der Waals surface area contributed by atoms with Crippen molar-refractivity contribution in [2.45, 2.75) is 26.4 Å². The molecule has 13 heavy (non-hydrogen) atoms. The molecule has 0 bridgehead atoms. The molecule has 0 radical (unpaired) electrons. The zero-order valence-electron chi connectivity index (χ0n) is 8.18. The average Bonchev–Trinajstić information content (AvgIpc) is 2.03. The van der Waals surface area contributed by atoms with Gasteiger partial charge in [-0.3, -0.25) is 0 Å². The summed E-state index contributed by atoms with van der Waals surface area (Å²) in [6, 6.07) is 5.80. The monoisotopic (exact) mass is 181 g/mol. The standard InChI is InChI=1S/C11H16FN/c1-8-5-9(2)7-10(6-8)11(12)3-4-13/h5-7,11H,3-4,13H2,1-2H3. The number of rotatable bonds is 3. The van der Waals surface area contributed by atoms with Crippen LogP contribution in [0, 0.1) is 13.8 Å². The van der Waals surface area contributed by atoms with Crippen LogP contribution in [-0.4, -0.2) is 6.54 Å². The van der Waals surface area contributed by atoms with Crippen LogP contribution in [0.3, 0.4) is 0 Å². The van der Waals surface area contributed by atoms with Gasteiger partial charge in [0.15, 0.2) is 0 Å². The summed E-state index contributed by atoms with van der Waals surface area (Å²) in [5, 5.41) is 0. The second-order valence-electron chi connectivity index (χ2n) is 3.47. The van der Waals surface area contributed by atoms with Crippen molar-refractivity contribution in [3.63, 3.8) is 0 Å². The van der Waals surface area contributed by atoms with Crippen LogP contribution in [0.15, 0.2) is 18.2 Å². The molecule has 1 unspecified atom stereocenters. The molecule has 0 saturated heterocycles. The van der Waals surface area contributed by atoms with Gasteiger partial charge in [0, 0.05) is 0 Å². The van der Waals surface area contributed by atoms with Gasteiger partial charge >= 0.3 is 0 Å². The highest BCUT2D eigenvalue weighted by Gasteiger charge is 2.08. The van der Waals surface area contributed by atoms with Crippen molar-refractivity contribution in [2.75, 3.05) is 6.54 Å². The Balaban J connectivity index is 2.87. The molecule has 1 nitrogen and oxygen atoms in total. The maximum Gasteiger partial charge on any atom is 0.126 e. The predicted molar refractivity (Wildman–Crippen MR) is 53.4 cm³/mol. The Morgan fingerprint density at radius 3 is 2.23 bits per heavy atom. The molecule has 0 aliphatic heterocycles. The first kappa shape index (κ1) is 10.2. The van der Waals surface area contributed by atoms with E-state index in [1.807, 2.05) is 32.0 Å². The number of alkyl halides is 1.